The molecule has 3 nitrogen and oxygen atoms in total. The van der Waals surface area contributed by atoms with Gasteiger partial charge in [0.1, 0.15) is 0 Å². The van der Waals surface area contributed by atoms with Crippen molar-refractivity contribution in [2.75, 3.05) is 0 Å². The van der Waals surface area contributed by atoms with Crippen molar-refractivity contribution in [1.82, 2.24) is 9.78 Å². The smallest absolute Gasteiger partial charge is 0.185 e. The van der Waals surface area contributed by atoms with E-state index in [1.807, 2.05) is 73.1 Å². The molecular formula is C21H20N2O. The molecule has 0 saturated heterocycles. The van der Waals surface area contributed by atoms with Crippen LogP contribution in [0.2, 0.25) is 0 Å². The third-order valence-electron chi connectivity index (χ3n) is 4.07. The first-order chi connectivity index (χ1) is 11.6. The monoisotopic (exact) mass is 316 g/mol. The van der Waals surface area contributed by atoms with Gasteiger partial charge in [-0.25, -0.2) is 0 Å². The quantitative estimate of drug-likeness (QED) is 0.515. The van der Waals surface area contributed by atoms with Crippen LogP contribution >= 0.6 is 0 Å². The number of aromatic nitrogens is 2. The van der Waals surface area contributed by atoms with Gasteiger partial charge in [-0.15, -0.1) is 0 Å². The topological polar surface area (TPSA) is 34.9 Å². The number of aryl methyl sites for hydroxylation is 1. The molecule has 3 rings (SSSR count). The molecule has 2 aromatic carbocycles. The lowest BCUT2D eigenvalue weighted by atomic mass is 10.1. The van der Waals surface area contributed by atoms with Crippen molar-refractivity contribution in [3.05, 3.63) is 94.8 Å². The molecule has 0 bridgehead atoms. The van der Waals surface area contributed by atoms with Crippen molar-refractivity contribution >= 4 is 11.9 Å². The predicted molar refractivity (Wildman–Crippen MR) is 97.1 cm³/mol. The Kier molecular flexibility index (Phi) is 4.71. The zero-order valence-electron chi connectivity index (χ0n) is 13.9. The Bertz CT molecular complexity index is 862. The molecule has 0 unspecified atom stereocenters. The fourth-order valence-electron chi connectivity index (χ4n) is 2.72. The van der Waals surface area contributed by atoms with Crippen LogP contribution in [-0.2, 0) is 6.54 Å². The average Bonchev–Trinajstić information content (AvgIpc) is 2.88. The highest BCUT2D eigenvalue weighted by Gasteiger charge is 2.10. The predicted octanol–water partition coefficient (Wildman–Crippen LogP) is 4.44. The molecule has 0 aliphatic heterocycles. The van der Waals surface area contributed by atoms with E-state index < -0.39 is 0 Å². The minimum atomic E-state index is 0.00482. The third kappa shape index (κ3) is 3.51. The number of nitrogens with zero attached hydrogens (tertiary/aromatic N) is 2. The van der Waals surface area contributed by atoms with Crippen molar-refractivity contribution in [2.45, 2.75) is 20.4 Å². The summed E-state index contributed by atoms with van der Waals surface area (Å²) in [5, 5.41) is 4.61. The van der Waals surface area contributed by atoms with E-state index in [0.29, 0.717) is 5.56 Å². The van der Waals surface area contributed by atoms with Crippen molar-refractivity contribution in [3.8, 4) is 0 Å². The summed E-state index contributed by atoms with van der Waals surface area (Å²) in [6.45, 7) is 4.74. The van der Waals surface area contributed by atoms with Crippen LogP contribution in [0.25, 0.3) is 6.08 Å². The standard InChI is InChI=1S/C21H20N2O/c1-16-20(13-14-21(24)19-11-7-4-8-12-19)17(2)23(22-16)15-18-9-5-3-6-10-18/h3-14H,15H2,1-2H3/b14-13+. The number of rotatable bonds is 5. The lowest BCUT2D eigenvalue weighted by Gasteiger charge is -2.04. The van der Waals surface area contributed by atoms with Gasteiger partial charge in [-0.1, -0.05) is 60.7 Å². The summed E-state index contributed by atoms with van der Waals surface area (Å²) in [7, 11) is 0. The lowest BCUT2D eigenvalue weighted by molar-refractivity contribution is 0.104. The molecule has 0 aliphatic rings. The first kappa shape index (κ1) is 15.9. The number of ketones is 1. The summed E-state index contributed by atoms with van der Waals surface area (Å²) < 4.78 is 1.98. The average molecular weight is 316 g/mol. The second-order valence-corrected chi connectivity index (χ2v) is 5.79. The zero-order chi connectivity index (χ0) is 16.9. The van der Waals surface area contributed by atoms with Crippen LogP contribution in [0.4, 0.5) is 0 Å². The van der Waals surface area contributed by atoms with E-state index in [1.54, 1.807) is 6.08 Å². The van der Waals surface area contributed by atoms with Crippen LogP contribution in [0.1, 0.15) is 32.9 Å². The second-order valence-electron chi connectivity index (χ2n) is 5.79. The first-order valence-electron chi connectivity index (χ1n) is 8.00. The van der Waals surface area contributed by atoms with E-state index in [1.165, 1.54) is 5.56 Å². The summed E-state index contributed by atoms with van der Waals surface area (Å²) >= 11 is 0. The van der Waals surface area contributed by atoms with E-state index in [-0.39, 0.29) is 5.78 Å². The molecular weight excluding hydrogens is 296 g/mol. The Hall–Kier alpha value is -2.94. The van der Waals surface area contributed by atoms with Gasteiger partial charge in [0, 0.05) is 16.8 Å². The highest BCUT2D eigenvalue weighted by Crippen LogP contribution is 2.17. The van der Waals surface area contributed by atoms with Gasteiger partial charge in [-0.05, 0) is 31.6 Å². The minimum Gasteiger partial charge on any atom is -0.289 e. The van der Waals surface area contributed by atoms with Gasteiger partial charge >= 0.3 is 0 Å². The Morgan fingerprint density at radius 3 is 2.29 bits per heavy atom. The zero-order valence-corrected chi connectivity index (χ0v) is 13.9. The van der Waals surface area contributed by atoms with E-state index in [9.17, 15) is 4.79 Å². The van der Waals surface area contributed by atoms with Gasteiger partial charge in [0.25, 0.3) is 0 Å². The fraction of sp³-hybridized carbons (Fsp3) is 0.143. The molecule has 1 aromatic heterocycles. The van der Waals surface area contributed by atoms with E-state index in [4.69, 9.17) is 0 Å². The Balaban J connectivity index is 1.82. The molecule has 0 atom stereocenters. The molecule has 0 fully saturated rings. The summed E-state index contributed by atoms with van der Waals surface area (Å²) in [5.41, 5.74) is 4.91. The van der Waals surface area contributed by atoms with Crippen molar-refractivity contribution < 1.29 is 4.79 Å². The molecule has 0 aliphatic carbocycles. The van der Waals surface area contributed by atoms with Crippen molar-refractivity contribution in [1.29, 1.82) is 0 Å². The second kappa shape index (κ2) is 7.09. The minimum absolute atomic E-state index is 0.00482. The molecule has 0 spiro atoms. The molecule has 3 aromatic rings. The van der Waals surface area contributed by atoms with Gasteiger partial charge < -0.3 is 0 Å². The largest absolute Gasteiger partial charge is 0.289 e. The van der Waals surface area contributed by atoms with Crippen molar-refractivity contribution in [2.24, 2.45) is 0 Å². The Morgan fingerprint density at radius 1 is 1.00 bits per heavy atom. The number of hydrogen-bond donors (Lipinski definition) is 0. The number of allylic oxidation sites excluding steroid dienone is 1. The first-order valence-corrected chi connectivity index (χ1v) is 8.00. The summed E-state index contributed by atoms with van der Waals surface area (Å²) in [5.74, 6) is 0.00482. The van der Waals surface area contributed by atoms with Crippen LogP contribution in [-0.4, -0.2) is 15.6 Å². The van der Waals surface area contributed by atoms with Gasteiger partial charge in [0.15, 0.2) is 5.78 Å². The molecule has 120 valence electrons. The number of hydrogen-bond acceptors (Lipinski definition) is 2. The molecule has 0 N–H and O–H groups in total. The summed E-state index contributed by atoms with van der Waals surface area (Å²) in [4.78, 5) is 12.2. The fourth-order valence-corrected chi connectivity index (χ4v) is 2.72. The van der Waals surface area contributed by atoms with Gasteiger partial charge in [0.05, 0.1) is 12.2 Å². The van der Waals surface area contributed by atoms with Crippen LogP contribution < -0.4 is 0 Å². The molecule has 24 heavy (non-hydrogen) atoms. The van der Waals surface area contributed by atoms with Gasteiger partial charge in [0.2, 0.25) is 0 Å². The van der Waals surface area contributed by atoms with Crippen LogP contribution in [0.3, 0.4) is 0 Å². The maximum Gasteiger partial charge on any atom is 0.185 e. The maximum atomic E-state index is 12.2. The van der Waals surface area contributed by atoms with Crippen LogP contribution in [0, 0.1) is 13.8 Å². The molecule has 3 heteroatoms. The summed E-state index contributed by atoms with van der Waals surface area (Å²) in [6, 6.07) is 19.5. The molecule has 0 saturated carbocycles. The van der Waals surface area contributed by atoms with E-state index >= 15 is 0 Å². The normalized spacial score (nSPS) is 11.1. The number of carbonyl (C=O) groups is 1. The SMILES string of the molecule is Cc1nn(Cc2ccccc2)c(C)c1/C=C/C(=O)c1ccccc1. The molecule has 0 radical (unpaired) electrons. The highest BCUT2D eigenvalue weighted by atomic mass is 16.1. The van der Waals surface area contributed by atoms with Crippen LogP contribution in [0.15, 0.2) is 66.7 Å². The molecule has 1 heterocycles. The maximum absolute atomic E-state index is 12.2. The lowest BCUT2D eigenvalue weighted by Crippen LogP contribution is -2.03. The van der Waals surface area contributed by atoms with Gasteiger partial charge in [-0.3, -0.25) is 9.48 Å². The third-order valence-corrected chi connectivity index (χ3v) is 4.07. The van der Waals surface area contributed by atoms with Crippen molar-refractivity contribution in [3.63, 3.8) is 0 Å². The van der Waals surface area contributed by atoms with Crippen LogP contribution in [0.5, 0.6) is 0 Å². The highest BCUT2D eigenvalue weighted by molar-refractivity contribution is 6.06. The Labute approximate surface area is 142 Å². The van der Waals surface area contributed by atoms with Gasteiger partial charge in [-0.2, -0.15) is 5.10 Å². The van der Waals surface area contributed by atoms with E-state index in [0.717, 1.165) is 23.5 Å². The van der Waals surface area contributed by atoms with E-state index in [2.05, 4.69) is 17.2 Å². The number of benzene rings is 2. The summed E-state index contributed by atoms with van der Waals surface area (Å²) in [6.07, 6.45) is 3.49. The molecule has 0 amide bonds. The number of carbonyl (C=O) groups excluding carboxylic acids is 1. The Morgan fingerprint density at radius 2 is 1.62 bits per heavy atom.